The molecule has 0 bridgehead atoms. The van der Waals surface area contributed by atoms with Gasteiger partial charge in [-0.25, -0.2) is 9.78 Å². The summed E-state index contributed by atoms with van der Waals surface area (Å²) in [5, 5.41) is 5.25. The smallest absolute Gasteiger partial charge is 0.412 e. The number of nitrogens with one attached hydrogen (secondary N) is 2. The largest absolute Gasteiger partial charge is 0.444 e. The summed E-state index contributed by atoms with van der Waals surface area (Å²) >= 11 is 0. The van der Waals surface area contributed by atoms with E-state index in [1.54, 1.807) is 6.07 Å². The van der Waals surface area contributed by atoms with Crippen LogP contribution in [-0.2, 0) is 11.3 Å². The molecule has 3 rings (SSSR count). The highest BCUT2D eigenvalue weighted by Gasteiger charge is 2.10. The summed E-state index contributed by atoms with van der Waals surface area (Å²) in [6.45, 7) is 1.95. The van der Waals surface area contributed by atoms with Gasteiger partial charge in [-0.05, 0) is 12.5 Å². The fourth-order valence-electron chi connectivity index (χ4n) is 2.04. The van der Waals surface area contributed by atoms with E-state index in [9.17, 15) is 9.59 Å². The topological polar surface area (TPSA) is 88.5 Å². The summed E-state index contributed by atoms with van der Waals surface area (Å²) in [5.41, 5.74) is 1.81. The van der Waals surface area contributed by atoms with E-state index in [1.807, 2.05) is 37.3 Å². The second-order valence-corrected chi connectivity index (χ2v) is 4.80. The summed E-state index contributed by atoms with van der Waals surface area (Å²) in [4.78, 5) is 28.0. The molecule has 0 aliphatic rings. The Hall–Kier alpha value is -3.09. The van der Waals surface area contributed by atoms with Crippen LogP contribution in [0, 0.1) is 6.92 Å². The molecule has 0 aliphatic heterocycles. The van der Waals surface area contributed by atoms with E-state index in [-0.39, 0.29) is 12.3 Å². The molecule has 112 valence electrons. The Morgan fingerprint density at radius 3 is 2.91 bits per heavy atom. The van der Waals surface area contributed by atoms with E-state index < -0.39 is 11.7 Å². The molecule has 0 unspecified atom stereocenters. The number of benzene rings is 1. The van der Waals surface area contributed by atoms with Gasteiger partial charge in [0.25, 0.3) is 5.56 Å². The van der Waals surface area contributed by atoms with Crippen molar-refractivity contribution in [3.63, 3.8) is 0 Å². The molecule has 7 nitrogen and oxygen atoms in total. The average Bonchev–Trinajstić information content (AvgIpc) is 2.91. The number of rotatable bonds is 3. The minimum Gasteiger partial charge on any atom is -0.444 e. The highest BCUT2D eigenvalue weighted by molar-refractivity contribution is 5.84. The molecule has 0 spiro atoms. The van der Waals surface area contributed by atoms with Crippen molar-refractivity contribution in [1.82, 2.24) is 14.6 Å². The number of ether oxygens (including phenoxy) is 1. The van der Waals surface area contributed by atoms with Crippen LogP contribution < -0.4 is 10.9 Å². The monoisotopic (exact) mass is 298 g/mol. The zero-order valence-corrected chi connectivity index (χ0v) is 11.9. The van der Waals surface area contributed by atoms with E-state index in [0.29, 0.717) is 5.65 Å². The third-order valence-corrected chi connectivity index (χ3v) is 3.07. The molecular weight excluding hydrogens is 284 g/mol. The molecule has 2 N–H and O–H groups in total. The highest BCUT2D eigenvalue weighted by atomic mass is 16.5. The first kappa shape index (κ1) is 13.9. The van der Waals surface area contributed by atoms with Gasteiger partial charge in [0.2, 0.25) is 0 Å². The molecular formula is C15H14N4O3. The van der Waals surface area contributed by atoms with Crippen molar-refractivity contribution < 1.29 is 9.53 Å². The number of aryl methyl sites for hydroxylation is 1. The molecule has 0 atom stereocenters. The van der Waals surface area contributed by atoms with Crippen molar-refractivity contribution in [2.24, 2.45) is 0 Å². The maximum absolute atomic E-state index is 12.2. The third kappa shape index (κ3) is 2.83. The molecule has 1 amide bonds. The lowest BCUT2D eigenvalue weighted by atomic mass is 10.2. The normalized spacial score (nSPS) is 10.6. The van der Waals surface area contributed by atoms with Crippen molar-refractivity contribution in [3.05, 3.63) is 64.2 Å². The lowest BCUT2D eigenvalue weighted by molar-refractivity contribution is 0.155. The van der Waals surface area contributed by atoms with Crippen LogP contribution in [0.4, 0.5) is 10.5 Å². The number of H-pyrrole nitrogens is 1. The minimum absolute atomic E-state index is 0.0532. The zero-order chi connectivity index (χ0) is 15.5. The Morgan fingerprint density at radius 1 is 1.36 bits per heavy atom. The molecule has 0 radical (unpaired) electrons. The SMILES string of the molecule is Cc1cc2ncc(NC(=O)OCc3ccccc3)c(=O)n2[nH]1. The van der Waals surface area contributed by atoms with Crippen LogP contribution in [0.2, 0.25) is 0 Å². The van der Waals surface area contributed by atoms with Crippen LogP contribution in [-0.4, -0.2) is 20.7 Å². The fourth-order valence-corrected chi connectivity index (χ4v) is 2.04. The average molecular weight is 298 g/mol. The van der Waals surface area contributed by atoms with E-state index in [2.05, 4.69) is 15.4 Å². The third-order valence-electron chi connectivity index (χ3n) is 3.07. The number of amides is 1. The summed E-state index contributed by atoms with van der Waals surface area (Å²) in [6.07, 6.45) is 0.611. The fraction of sp³-hybridized carbons (Fsp3) is 0.133. The molecule has 3 aromatic rings. The van der Waals surface area contributed by atoms with Gasteiger partial charge in [0, 0.05) is 11.8 Å². The molecule has 2 heterocycles. The highest BCUT2D eigenvalue weighted by Crippen LogP contribution is 2.05. The quantitative estimate of drug-likeness (QED) is 0.775. The summed E-state index contributed by atoms with van der Waals surface area (Å²) in [6, 6.07) is 11.0. The summed E-state index contributed by atoms with van der Waals surface area (Å²) in [7, 11) is 0. The molecule has 0 saturated carbocycles. The van der Waals surface area contributed by atoms with Gasteiger partial charge >= 0.3 is 6.09 Å². The number of aromatic amines is 1. The van der Waals surface area contributed by atoms with Crippen LogP contribution in [0.25, 0.3) is 5.65 Å². The van der Waals surface area contributed by atoms with Crippen molar-refractivity contribution in [3.8, 4) is 0 Å². The molecule has 0 saturated heterocycles. The molecule has 7 heteroatoms. The standard InChI is InChI=1S/C15H14N4O3/c1-10-7-13-16-8-12(14(20)19(13)18-10)17-15(21)22-9-11-5-3-2-4-6-11/h2-8,18H,9H2,1H3,(H,17,21). The number of carbonyl (C=O) groups excluding carboxylic acids is 1. The summed E-state index contributed by atoms with van der Waals surface area (Å²) in [5.74, 6) is 0. The van der Waals surface area contributed by atoms with Crippen molar-refractivity contribution in [2.45, 2.75) is 13.5 Å². The maximum atomic E-state index is 12.2. The Kier molecular flexibility index (Phi) is 3.61. The Labute approximate surface area is 125 Å². The van der Waals surface area contributed by atoms with Crippen LogP contribution in [0.5, 0.6) is 0 Å². The van der Waals surface area contributed by atoms with E-state index in [1.165, 1.54) is 10.7 Å². The molecule has 0 fully saturated rings. The Morgan fingerprint density at radius 2 is 2.14 bits per heavy atom. The predicted octanol–water partition coefficient (Wildman–Crippen LogP) is 2.08. The minimum atomic E-state index is -0.703. The van der Waals surface area contributed by atoms with E-state index >= 15 is 0 Å². The van der Waals surface area contributed by atoms with Gasteiger partial charge in [0.15, 0.2) is 5.65 Å². The van der Waals surface area contributed by atoms with Crippen LogP contribution in [0.1, 0.15) is 11.3 Å². The number of aromatic nitrogens is 3. The number of nitrogens with zero attached hydrogens (tertiary/aromatic N) is 2. The zero-order valence-electron chi connectivity index (χ0n) is 11.9. The number of anilines is 1. The number of hydrogen-bond acceptors (Lipinski definition) is 4. The summed E-state index contributed by atoms with van der Waals surface area (Å²) < 4.78 is 6.33. The molecule has 22 heavy (non-hydrogen) atoms. The van der Waals surface area contributed by atoms with Gasteiger partial charge in [-0.2, -0.15) is 4.52 Å². The molecule has 0 aliphatic carbocycles. The first-order chi connectivity index (χ1) is 10.6. The second kappa shape index (κ2) is 5.72. The van der Waals surface area contributed by atoms with Crippen molar-refractivity contribution in [2.75, 3.05) is 5.32 Å². The van der Waals surface area contributed by atoms with E-state index in [4.69, 9.17) is 4.74 Å². The van der Waals surface area contributed by atoms with Crippen LogP contribution in [0.15, 0.2) is 47.4 Å². The number of hydrogen-bond donors (Lipinski definition) is 2. The van der Waals surface area contributed by atoms with Gasteiger partial charge in [0.05, 0.1) is 6.20 Å². The van der Waals surface area contributed by atoms with Gasteiger partial charge < -0.3 is 4.74 Å². The Balaban J connectivity index is 1.71. The lowest BCUT2D eigenvalue weighted by Gasteiger charge is -2.06. The van der Waals surface area contributed by atoms with Crippen molar-refractivity contribution in [1.29, 1.82) is 0 Å². The van der Waals surface area contributed by atoms with Gasteiger partial charge in [-0.1, -0.05) is 30.3 Å². The number of carbonyl (C=O) groups is 1. The van der Waals surface area contributed by atoms with Gasteiger partial charge in [0.1, 0.15) is 12.3 Å². The predicted molar refractivity (Wildman–Crippen MR) is 80.8 cm³/mol. The first-order valence-electron chi connectivity index (χ1n) is 6.68. The number of fused-ring (bicyclic) bond motifs is 1. The Bertz CT molecular complexity index is 867. The lowest BCUT2D eigenvalue weighted by Crippen LogP contribution is -2.23. The van der Waals surface area contributed by atoms with Crippen LogP contribution in [0.3, 0.4) is 0 Å². The van der Waals surface area contributed by atoms with Crippen LogP contribution >= 0.6 is 0 Å². The van der Waals surface area contributed by atoms with Gasteiger partial charge in [-0.3, -0.25) is 15.2 Å². The molecule has 2 aromatic heterocycles. The van der Waals surface area contributed by atoms with E-state index in [0.717, 1.165) is 11.3 Å². The van der Waals surface area contributed by atoms with Crippen molar-refractivity contribution >= 4 is 17.4 Å². The molecule has 1 aromatic carbocycles. The van der Waals surface area contributed by atoms with Gasteiger partial charge in [-0.15, -0.1) is 0 Å². The second-order valence-electron chi connectivity index (χ2n) is 4.80. The first-order valence-corrected chi connectivity index (χ1v) is 6.68. The maximum Gasteiger partial charge on any atom is 0.412 e.